The fraction of sp³-hybridized carbons (Fsp3) is 1.00. The highest BCUT2D eigenvalue weighted by molar-refractivity contribution is 4.93. The van der Waals surface area contributed by atoms with Gasteiger partial charge >= 0.3 is 0 Å². The third kappa shape index (κ3) is 3.67. The Labute approximate surface area is 106 Å². The van der Waals surface area contributed by atoms with Gasteiger partial charge in [-0.05, 0) is 45.4 Å². The average Bonchev–Trinajstić information content (AvgIpc) is 2.60. The van der Waals surface area contributed by atoms with Crippen LogP contribution in [0.2, 0.25) is 0 Å². The van der Waals surface area contributed by atoms with E-state index in [0.717, 1.165) is 25.0 Å². The first-order valence-corrected chi connectivity index (χ1v) is 7.07. The quantitative estimate of drug-likeness (QED) is 0.818. The van der Waals surface area contributed by atoms with Crippen molar-refractivity contribution in [3.05, 3.63) is 0 Å². The maximum Gasteiger partial charge on any atom is 0.0600 e. The molecule has 1 heterocycles. The zero-order chi connectivity index (χ0) is 12.5. The summed E-state index contributed by atoms with van der Waals surface area (Å²) in [4.78, 5) is 2.55. The zero-order valence-corrected chi connectivity index (χ0v) is 11.6. The molecule has 2 rings (SSSR count). The molecule has 100 valence electrons. The summed E-state index contributed by atoms with van der Waals surface area (Å²) < 4.78 is 5.80. The lowest BCUT2D eigenvalue weighted by molar-refractivity contribution is -0.0114. The van der Waals surface area contributed by atoms with Gasteiger partial charge in [-0.2, -0.15) is 0 Å². The lowest BCUT2D eigenvalue weighted by Gasteiger charge is -2.29. The lowest BCUT2D eigenvalue weighted by atomic mass is 9.78. The van der Waals surface area contributed by atoms with Crippen LogP contribution in [0, 0.1) is 11.8 Å². The van der Waals surface area contributed by atoms with Crippen molar-refractivity contribution in [2.45, 2.75) is 51.7 Å². The summed E-state index contributed by atoms with van der Waals surface area (Å²) in [6, 6.07) is 0.447. The highest BCUT2D eigenvalue weighted by Crippen LogP contribution is 2.35. The Bertz CT molecular complexity index is 249. The number of nitrogens with zero attached hydrogens (tertiary/aromatic N) is 1. The van der Waals surface area contributed by atoms with Crippen LogP contribution < -0.4 is 5.73 Å². The monoisotopic (exact) mass is 240 g/mol. The number of nitrogens with two attached hydrogens (primary N) is 1. The molecule has 17 heavy (non-hydrogen) atoms. The third-order valence-corrected chi connectivity index (χ3v) is 4.17. The van der Waals surface area contributed by atoms with Gasteiger partial charge in [0.2, 0.25) is 0 Å². The normalized spacial score (nSPS) is 34.9. The fourth-order valence-corrected chi connectivity index (χ4v) is 3.27. The largest absolute Gasteiger partial charge is 0.375 e. The molecule has 1 saturated carbocycles. The molecule has 1 aliphatic carbocycles. The van der Waals surface area contributed by atoms with Gasteiger partial charge in [0.15, 0.2) is 0 Å². The van der Waals surface area contributed by atoms with Gasteiger partial charge in [-0.25, -0.2) is 0 Å². The smallest absolute Gasteiger partial charge is 0.0600 e. The van der Waals surface area contributed by atoms with Crippen LogP contribution in [0.4, 0.5) is 0 Å². The molecule has 0 bridgehead atoms. The molecule has 3 nitrogen and oxygen atoms in total. The van der Waals surface area contributed by atoms with Crippen molar-refractivity contribution in [2.75, 3.05) is 26.2 Å². The van der Waals surface area contributed by atoms with Crippen molar-refractivity contribution >= 4 is 0 Å². The van der Waals surface area contributed by atoms with Crippen LogP contribution >= 0.6 is 0 Å². The molecule has 3 unspecified atom stereocenters. The minimum Gasteiger partial charge on any atom is -0.375 e. The summed E-state index contributed by atoms with van der Waals surface area (Å²) in [6.45, 7) is 10.7. The van der Waals surface area contributed by atoms with Gasteiger partial charge in [-0.1, -0.05) is 6.42 Å². The highest BCUT2D eigenvalue weighted by atomic mass is 16.5. The Hall–Kier alpha value is -0.120. The van der Waals surface area contributed by atoms with E-state index in [1.54, 1.807) is 0 Å². The average molecular weight is 240 g/mol. The Balaban J connectivity index is 1.74. The highest BCUT2D eigenvalue weighted by Gasteiger charge is 2.38. The van der Waals surface area contributed by atoms with Crippen molar-refractivity contribution < 1.29 is 4.74 Å². The molecule has 0 spiro atoms. The number of likely N-dealkylation sites (tertiary alicyclic amines) is 1. The van der Waals surface area contributed by atoms with E-state index in [0.29, 0.717) is 6.04 Å². The van der Waals surface area contributed by atoms with Gasteiger partial charge in [-0.3, -0.25) is 0 Å². The van der Waals surface area contributed by atoms with Crippen molar-refractivity contribution in [1.82, 2.24) is 4.90 Å². The van der Waals surface area contributed by atoms with Crippen molar-refractivity contribution in [3.63, 3.8) is 0 Å². The molecule has 3 atom stereocenters. The van der Waals surface area contributed by atoms with Gasteiger partial charge < -0.3 is 15.4 Å². The van der Waals surface area contributed by atoms with E-state index in [2.05, 4.69) is 25.7 Å². The number of ether oxygens (including phenoxy) is 1. The standard InChI is InChI=1S/C14H28N2O/c1-14(2,3)17-8-7-16-9-11-5-4-6-13(15)12(11)10-16/h11-13H,4-10,15H2,1-3H3. The summed E-state index contributed by atoms with van der Waals surface area (Å²) in [5.41, 5.74) is 6.21. The maximum absolute atomic E-state index is 6.22. The van der Waals surface area contributed by atoms with Crippen LogP contribution in [0.15, 0.2) is 0 Å². The van der Waals surface area contributed by atoms with E-state index in [1.807, 2.05) is 0 Å². The molecule has 2 fully saturated rings. The molecular formula is C14H28N2O. The summed E-state index contributed by atoms with van der Waals surface area (Å²) >= 11 is 0. The first-order valence-electron chi connectivity index (χ1n) is 7.07. The van der Waals surface area contributed by atoms with Gasteiger partial charge in [0.05, 0.1) is 12.2 Å². The van der Waals surface area contributed by atoms with Crippen LogP contribution in [-0.2, 0) is 4.74 Å². The second-order valence-electron chi connectivity index (χ2n) is 6.74. The second kappa shape index (κ2) is 5.25. The molecule has 0 amide bonds. The third-order valence-electron chi connectivity index (χ3n) is 4.17. The maximum atomic E-state index is 6.22. The van der Waals surface area contributed by atoms with Crippen LogP contribution in [-0.4, -0.2) is 42.8 Å². The summed E-state index contributed by atoms with van der Waals surface area (Å²) in [7, 11) is 0. The van der Waals surface area contributed by atoms with E-state index in [9.17, 15) is 0 Å². The molecule has 1 aliphatic heterocycles. The molecule has 0 aromatic heterocycles. The molecule has 0 radical (unpaired) electrons. The minimum absolute atomic E-state index is 0.0110. The molecule has 2 aliphatic rings. The molecule has 0 aromatic rings. The SMILES string of the molecule is CC(C)(C)OCCN1CC2CCCC(N)C2C1. The lowest BCUT2D eigenvalue weighted by Crippen LogP contribution is -2.38. The second-order valence-corrected chi connectivity index (χ2v) is 6.74. The van der Waals surface area contributed by atoms with Crippen molar-refractivity contribution in [2.24, 2.45) is 17.6 Å². The Morgan fingerprint density at radius 2 is 2.00 bits per heavy atom. The van der Waals surface area contributed by atoms with E-state index >= 15 is 0 Å². The zero-order valence-electron chi connectivity index (χ0n) is 11.6. The number of hydrogen-bond acceptors (Lipinski definition) is 3. The van der Waals surface area contributed by atoms with Gasteiger partial charge in [-0.15, -0.1) is 0 Å². The van der Waals surface area contributed by atoms with Crippen molar-refractivity contribution in [1.29, 1.82) is 0 Å². The van der Waals surface area contributed by atoms with E-state index in [-0.39, 0.29) is 5.60 Å². The predicted octanol–water partition coefficient (Wildman–Crippen LogP) is 1.86. The van der Waals surface area contributed by atoms with Gasteiger partial charge in [0.1, 0.15) is 0 Å². The molecular weight excluding hydrogens is 212 g/mol. The summed E-state index contributed by atoms with van der Waals surface area (Å²) in [5, 5.41) is 0. The van der Waals surface area contributed by atoms with Crippen LogP contribution in [0.5, 0.6) is 0 Å². The number of fused-ring (bicyclic) bond motifs is 1. The minimum atomic E-state index is -0.0110. The summed E-state index contributed by atoms with van der Waals surface area (Å²) in [6.07, 6.45) is 3.94. The fourth-order valence-electron chi connectivity index (χ4n) is 3.27. The molecule has 3 heteroatoms. The first kappa shape index (κ1) is 13.3. The molecule has 2 N–H and O–H groups in total. The van der Waals surface area contributed by atoms with Gasteiger partial charge in [0, 0.05) is 25.7 Å². The van der Waals surface area contributed by atoms with Crippen LogP contribution in [0.3, 0.4) is 0 Å². The van der Waals surface area contributed by atoms with E-state index in [1.165, 1.54) is 32.4 Å². The van der Waals surface area contributed by atoms with Gasteiger partial charge in [0.25, 0.3) is 0 Å². The Morgan fingerprint density at radius 3 is 2.65 bits per heavy atom. The molecule has 0 aromatic carbocycles. The summed E-state index contributed by atoms with van der Waals surface area (Å²) in [5.74, 6) is 1.60. The topological polar surface area (TPSA) is 38.5 Å². The van der Waals surface area contributed by atoms with Crippen LogP contribution in [0.1, 0.15) is 40.0 Å². The number of hydrogen-bond donors (Lipinski definition) is 1. The Morgan fingerprint density at radius 1 is 1.24 bits per heavy atom. The first-order chi connectivity index (χ1) is 7.96. The van der Waals surface area contributed by atoms with Crippen LogP contribution in [0.25, 0.3) is 0 Å². The Kier molecular flexibility index (Phi) is 4.11. The predicted molar refractivity (Wildman–Crippen MR) is 71.0 cm³/mol. The van der Waals surface area contributed by atoms with E-state index < -0.39 is 0 Å². The number of rotatable bonds is 3. The molecule has 1 saturated heterocycles. The van der Waals surface area contributed by atoms with E-state index in [4.69, 9.17) is 10.5 Å². The van der Waals surface area contributed by atoms with Crippen molar-refractivity contribution in [3.8, 4) is 0 Å².